The molecule has 0 aromatic heterocycles. The summed E-state index contributed by atoms with van der Waals surface area (Å²) < 4.78 is 40.2. The Morgan fingerprint density at radius 3 is 2.28 bits per heavy atom. The van der Waals surface area contributed by atoms with Gasteiger partial charge in [0.2, 0.25) is 10.0 Å². The molecule has 0 atom stereocenters. The summed E-state index contributed by atoms with van der Waals surface area (Å²) in [5.41, 5.74) is 2.25. The van der Waals surface area contributed by atoms with Gasteiger partial charge in [0, 0.05) is 39.3 Å². The Morgan fingerprint density at radius 1 is 1.00 bits per heavy atom. The molecule has 2 aromatic rings. The lowest BCUT2D eigenvalue weighted by atomic mass is 10.1. The van der Waals surface area contributed by atoms with E-state index in [1.807, 2.05) is 18.2 Å². The number of nitrogens with zero attached hydrogens (tertiary/aromatic N) is 3. The van der Waals surface area contributed by atoms with Crippen LogP contribution in [0, 0.1) is 5.82 Å². The van der Waals surface area contributed by atoms with Gasteiger partial charge in [-0.25, -0.2) is 17.6 Å². The van der Waals surface area contributed by atoms with Crippen molar-refractivity contribution in [1.82, 2.24) is 19.4 Å². The number of nitrogens with one attached hydrogen (secondary N) is 1. The minimum Gasteiger partial charge on any atom is -0.334 e. The summed E-state index contributed by atoms with van der Waals surface area (Å²) in [5, 5.41) is 2.96. The van der Waals surface area contributed by atoms with E-state index in [9.17, 15) is 17.6 Å². The fraction of sp³-hybridized carbons (Fsp3) is 0.435. The van der Waals surface area contributed by atoms with Gasteiger partial charge in [0.05, 0.1) is 4.90 Å². The van der Waals surface area contributed by atoms with Gasteiger partial charge in [0.15, 0.2) is 0 Å². The van der Waals surface area contributed by atoms with E-state index in [1.165, 1.54) is 28.1 Å². The summed E-state index contributed by atoms with van der Waals surface area (Å²) in [6.07, 6.45) is 0. The second kappa shape index (κ2) is 10.9. The molecular formula is C23H31FN4O3S. The van der Waals surface area contributed by atoms with Crippen molar-refractivity contribution in [2.24, 2.45) is 0 Å². The van der Waals surface area contributed by atoms with Gasteiger partial charge in [0.25, 0.3) is 0 Å². The number of amides is 2. The smallest absolute Gasteiger partial charge is 0.317 e. The second-order valence-electron chi connectivity index (χ2n) is 7.74. The number of carbonyl (C=O) groups is 1. The number of rotatable bonds is 8. The molecule has 32 heavy (non-hydrogen) atoms. The maximum atomic E-state index is 13.4. The largest absolute Gasteiger partial charge is 0.334 e. The Kier molecular flexibility index (Phi) is 8.22. The van der Waals surface area contributed by atoms with Gasteiger partial charge in [-0.2, -0.15) is 4.31 Å². The normalized spacial score (nSPS) is 15.2. The molecule has 1 N–H and O–H groups in total. The first-order valence-corrected chi connectivity index (χ1v) is 12.4. The van der Waals surface area contributed by atoms with Gasteiger partial charge < -0.3 is 10.2 Å². The van der Waals surface area contributed by atoms with Crippen LogP contribution in [0.5, 0.6) is 0 Å². The first kappa shape index (κ1) is 24.2. The van der Waals surface area contributed by atoms with Gasteiger partial charge in [0.1, 0.15) is 5.82 Å². The van der Waals surface area contributed by atoms with Crippen molar-refractivity contribution >= 4 is 16.1 Å². The lowest BCUT2D eigenvalue weighted by molar-refractivity contribution is 0.172. The zero-order chi connectivity index (χ0) is 23.1. The van der Waals surface area contributed by atoms with E-state index in [0.29, 0.717) is 6.54 Å². The molecule has 0 aliphatic carbocycles. The van der Waals surface area contributed by atoms with Crippen LogP contribution in [-0.4, -0.2) is 67.8 Å². The lowest BCUT2D eigenvalue weighted by Crippen LogP contribution is -2.53. The summed E-state index contributed by atoms with van der Waals surface area (Å²) in [5.74, 6) is -0.592. The second-order valence-corrected chi connectivity index (χ2v) is 9.68. The molecule has 1 aliphatic heterocycles. The summed E-state index contributed by atoms with van der Waals surface area (Å²) in [6, 6.07) is 12.8. The van der Waals surface area contributed by atoms with E-state index in [4.69, 9.17) is 0 Å². The molecule has 174 valence electrons. The van der Waals surface area contributed by atoms with Crippen molar-refractivity contribution in [3.8, 4) is 0 Å². The van der Waals surface area contributed by atoms with Crippen LogP contribution in [0.2, 0.25) is 0 Å². The Hall–Kier alpha value is -2.49. The molecular weight excluding hydrogens is 431 g/mol. The van der Waals surface area contributed by atoms with Crippen LogP contribution in [0.4, 0.5) is 9.18 Å². The predicted octanol–water partition coefficient (Wildman–Crippen LogP) is 2.88. The summed E-state index contributed by atoms with van der Waals surface area (Å²) >= 11 is 0. The summed E-state index contributed by atoms with van der Waals surface area (Å²) in [6.45, 7) is 8.32. The molecule has 7 nitrogen and oxygen atoms in total. The molecule has 2 aromatic carbocycles. The molecule has 0 saturated carbocycles. The van der Waals surface area contributed by atoms with Crippen LogP contribution in [0.25, 0.3) is 0 Å². The van der Waals surface area contributed by atoms with E-state index in [-0.39, 0.29) is 37.1 Å². The van der Waals surface area contributed by atoms with E-state index < -0.39 is 15.8 Å². The van der Waals surface area contributed by atoms with Crippen molar-refractivity contribution in [1.29, 1.82) is 0 Å². The van der Waals surface area contributed by atoms with Crippen LogP contribution in [0.1, 0.15) is 25.0 Å². The monoisotopic (exact) mass is 462 g/mol. The molecule has 1 heterocycles. The topological polar surface area (TPSA) is 73.0 Å². The van der Waals surface area contributed by atoms with Gasteiger partial charge in [-0.1, -0.05) is 44.2 Å². The number of hydrogen-bond donors (Lipinski definition) is 1. The average molecular weight is 463 g/mol. The van der Waals surface area contributed by atoms with Gasteiger partial charge in [-0.15, -0.1) is 0 Å². The Labute approximate surface area is 189 Å². The third kappa shape index (κ3) is 5.85. The van der Waals surface area contributed by atoms with Gasteiger partial charge in [-0.3, -0.25) is 4.90 Å². The SMILES string of the molecule is CCN(CC)Cc1ccccc1CNC(=O)N1CCN(S(=O)(=O)c2cccc(F)c2)CC1. The Balaban J connectivity index is 1.56. The summed E-state index contributed by atoms with van der Waals surface area (Å²) in [4.78, 5) is 16.5. The number of piperazine rings is 1. The van der Waals surface area contributed by atoms with Crippen molar-refractivity contribution in [2.75, 3.05) is 39.3 Å². The maximum Gasteiger partial charge on any atom is 0.317 e. The molecule has 0 radical (unpaired) electrons. The van der Waals surface area contributed by atoms with Gasteiger partial charge in [-0.05, 0) is 42.4 Å². The molecule has 0 bridgehead atoms. The minimum absolute atomic E-state index is 0.0692. The maximum absolute atomic E-state index is 13.4. The third-order valence-electron chi connectivity index (χ3n) is 5.80. The molecule has 0 spiro atoms. The number of sulfonamides is 1. The summed E-state index contributed by atoms with van der Waals surface area (Å²) in [7, 11) is -3.78. The molecule has 3 rings (SSSR count). The highest BCUT2D eigenvalue weighted by molar-refractivity contribution is 7.89. The fourth-order valence-electron chi connectivity index (χ4n) is 3.76. The predicted molar refractivity (Wildman–Crippen MR) is 122 cm³/mol. The van der Waals surface area contributed by atoms with Gasteiger partial charge >= 0.3 is 6.03 Å². The van der Waals surface area contributed by atoms with Crippen LogP contribution in [-0.2, 0) is 23.1 Å². The molecule has 1 saturated heterocycles. The molecule has 0 unspecified atom stereocenters. The average Bonchev–Trinajstić information content (AvgIpc) is 2.81. The van der Waals surface area contributed by atoms with Crippen molar-refractivity contribution < 1.29 is 17.6 Å². The zero-order valence-electron chi connectivity index (χ0n) is 18.6. The number of carbonyl (C=O) groups excluding carboxylic acids is 1. The first-order valence-electron chi connectivity index (χ1n) is 10.9. The zero-order valence-corrected chi connectivity index (χ0v) is 19.4. The molecule has 1 aliphatic rings. The van der Waals surface area contributed by atoms with E-state index in [2.05, 4.69) is 30.1 Å². The third-order valence-corrected chi connectivity index (χ3v) is 7.69. The Morgan fingerprint density at radius 2 is 1.66 bits per heavy atom. The Bertz CT molecular complexity index is 1020. The van der Waals surface area contributed by atoms with Crippen molar-refractivity contribution in [3.05, 3.63) is 65.5 Å². The molecule has 9 heteroatoms. The van der Waals surface area contributed by atoms with E-state index in [0.717, 1.165) is 31.3 Å². The highest BCUT2D eigenvalue weighted by Crippen LogP contribution is 2.19. The highest BCUT2D eigenvalue weighted by atomic mass is 32.2. The number of halogens is 1. The van der Waals surface area contributed by atoms with Crippen LogP contribution >= 0.6 is 0 Å². The van der Waals surface area contributed by atoms with Crippen molar-refractivity contribution in [3.63, 3.8) is 0 Å². The first-order chi connectivity index (χ1) is 15.3. The number of hydrogen-bond acceptors (Lipinski definition) is 4. The standard InChI is InChI=1S/C23H31FN4O3S/c1-3-26(4-2)18-20-9-6-5-8-19(20)17-25-23(29)27-12-14-28(15-13-27)32(30,31)22-11-7-10-21(24)16-22/h5-11,16H,3-4,12-15,17-18H2,1-2H3,(H,25,29). The van der Waals surface area contributed by atoms with Crippen LogP contribution in [0.3, 0.4) is 0 Å². The molecule has 1 fully saturated rings. The van der Waals surface area contributed by atoms with E-state index >= 15 is 0 Å². The number of urea groups is 1. The number of benzene rings is 2. The quantitative estimate of drug-likeness (QED) is 0.655. The van der Waals surface area contributed by atoms with Crippen LogP contribution in [0.15, 0.2) is 53.4 Å². The highest BCUT2D eigenvalue weighted by Gasteiger charge is 2.30. The fourth-order valence-corrected chi connectivity index (χ4v) is 5.22. The lowest BCUT2D eigenvalue weighted by Gasteiger charge is -2.34. The minimum atomic E-state index is -3.78. The molecule has 2 amide bonds. The van der Waals surface area contributed by atoms with Crippen LogP contribution < -0.4 is 5.32 Å². The van der Waals surface area contributed by atoms with Crippen molar-refractivity contribution in [2.45, 2.75) is 31.8 Å². The van der Waals surface area contributed by atoms with E-state index in [1.54, 1.807) is 4.90 Å².